The molecule has 1 aromatic carbocycles. The predicted octanol–water partition coefficient (Wildman–Crippen LogP) is 1.97. The number of carbonyl (C=O) groups is 1. The van der Waals surface area contributed by atoms with Crippen LogP contribution in [-0.2, 0) is 16.2 Å². The third kappa shape index (κ3) is 3.47. The topological polar surface area (TPSA) is 29.5 Å². The van der Waals surface area contributed by atoms with Crippen molar-refractivity contribution in [1.29, 1.82) is 0 Å². The van der Waals surface area contributed by atoms with E-state index in [1.807, 2.05) is 30.3 Å². The van der Waals surface area contributed by atoms with Gasteiger partial charge >= 0.3 is 0 Å². The maximum absolute atomic E-state index is 11.1. The van der Waals surface area contributed by atoms with E-state index in [4.69, 9.17) is 4.84 Å². The highest BCUT2D eigenvalue weighted by Crippen LogP contribution is 2.02. The normalized spacial score (nSPS) is 9.86. The molecule has 0 N–H and O–H groups in total. The Morgan fingerprint density at radius 1 is 1.43 bits per heavy atom. The molecule has 0 aliphatic carbocycles. The van der Waals surface area contributed by atoms with Crippen LogP contribution in [0, 0.1) is 0 Å². The number of nitrogens with zero attached hydrogens (tertiary/aromatic N) is 1. The first-order chi connectivity index (χ1) is 6.74. The minimum absolute atomic E-state index is 0.0964. The summed E-state index contributed by atoms with van der Waals surface area (Å²) in [6, 6.07) is 9.71. The molecule has 14 heavy (non-hydrogen) atoms. The lowest BCUT2D eigenvalue weighted by atomic mass is 10.2. The van der Waals surface area contributed by atoms with Gasteiger partial charge in [0.05, 0.1) is 5.33 Å². The lowest BCUT2D eigenvalue weighted by molar-refractivity contribution is -0.179. The summed E-state index contributed by atoms with van der Waals surface area (Å²) in [5, 5.41) is 1.51. The predicted molar refractivity (Wildman–Crippen MR) is 57.8 cm³/mol. The first kappa shape index (κ1) is 11.2. The average Bonchev–Trinajstić information content (AvgIpc) is 2.26. The van der Waals surface area contributed by atoms with Gasteiger partial charge in [0.15, 0.2) is 0 Å². The molecule has 1 amide bonds. The van der Waals surface area contributed by atoms with Gasteiger partial charge in [0.25, 0.3) is 5.91 Å². The third-order valence-electron chi connectivity index (χ3n) is 1.73. The molecule has 1 rings (SSSR count). The van der Waals surface area contributed by atoms with Crippen LogP contribution in [0.3, 0.4) is 0 Å². The molecular formula is C10H12BrNO2. The molecule has 0 unspecified atom stereocenters. The second-order valence-electron chi connectivity index (χ2n) is 2.78. The number of alkyl halides is 1. The SMILES string of the molecule is CN(OCc1ccccc1)C(=O)CBr. The van der Waals surface area contributed by atoms with Crippen molar-refractivity contribution in [2.45, 2.75) is 6.61 Å². The molecule has 0 saturated heterocycles. The molecule has 76 valence electrons. The monoisotopic (exact) mass is 257 g/mol. The van der Waals surface area contributed by atoms with Crippen molar-refractivity contribution in [2.24, 2.45) is 0 Å². The molecule has 4 heteroatoms. The quantitative estimate of drug-likeness (QED) is 0.610. The number of hydrogen-bond acceptors (Lipinski definition) is 2. The van der Waals surface area contributed by atoms with E-state index in [1.54, 1.807) is 7.05 Å². The fraction of sp³-hybridized carbons (Fsp3) is 0.300. The molecule has 3 nitrogen and oxygen atoms in total. The number of hydrogen-bond donors (Lipinski definition) is 0. The molecule has 0 aromatic heterocycles. The van der Waals surface area contributed by atoms with Crippen molar-refractivity contribution >= 4 is 21.8 Å². The Hall–Kier alpha value is -0.870. The zero-order valence-electron chi connectivity index (χ0n) is 7.94. The van der Waals surface area contributed by atoms with Crippen LogP contribution >= 0.6 is 15.9 Å². The Bertz CT molecular complexity index is 289. The largest absolute Gasteiger partial charge is 0.272 e. The van der Waals surface area contributed by atoms with Crippen LogP contribution in [0.2, 0.25) is 0 Å². The number of halogens is 1. The highest BCUT2D eigenvalue weighted by atomic mass is 79.9. The summed E-state index contributed by atoms with van der Waals surface area (Å²) in [5.74, 6) is -0.0964. The fourth-order valence-corrected chi connectivity index (χ4v) is 1.25. The van der Waals surface area contributed by atoms with Crippen LogP contribution < -0.4 is 0 Å². The van der Waals surface area contributed by atoms with E-state index < -0.39 is 0 Å². The molecule has 0 radical (unpaired) electrons. The van der Waals surface area contributed by atoms with Gasteiger partial charge in [0, 0.05) is 7.05 Å². The van der Waals surface area contributed by atoms with Gasteiger partial charge in [-0.15, -0.1) is 0 Å². The zero-order valence-corrected chi connectivity index (χ0v) is 9.53. The van der Waals surface area contributed by atoms with Crippen molar-refractivity contribution in [3.63, 3.8) is 0 Å². The van der Waals surface area contributed by atoms with E-state index in [2.05, 4.69) is 15.9 Å². The average molecular weight is 258 g/mol. The molecule has 0 aliphatic heterocycles. The van der Waals surface area contributed by atoms with Crippen molar-refractivity contribution in [2.75, 3.05) is 12.4 Å². The number of carbonyl (C=O) groups excluding carboxylic acids is 1. The minimum atomic E-state index is -0.0964. The minimum Gasteiger partial charge on any atom is -0.272 e. The number of hydroxylamine groups is 2. The molecule has 0 bridgehead atoms. The van der Waals surface area contributed by atoms with Gasteiger partial charge in [0.2, 0.25) is 0 Å². The van der Waals surface area contributed by atoms with Crippen LogP contribution in [0.15, 0.2) is 30.3 Å². The van der Waals surface area contributed by atoms with Crippen LogP contribution in [0.25, 0.3) is 0 Å². The lowest BCUT2D eigenvalue weighted by Crippen LogP contribution is -2.27. The second kappa shape index (κ2) is 5.78. The van der Waals surface area contributed by atoms with E-state index in [0.29, 0.717) is 6.61 Å². The molecule has 0 atom stereocenters. The Labute approximate surface area is 91.7 Å². The molecule has 0 spiro atoms. The summed E-state index contributed by atoms with van der Waals surface area (Å²) in [6.07, 6.45) is 0. The molecule has 0 aliphatic rings. The van der Waals surface area contributed by atoms with Crippen molar-refractivity contribution in [1.82, 2.24) is 5.06 Å². The number of amides is 1. The number of benzene rings is 1. The number of rotatable bonds is 4. The second-order valence-corrected chi connectivity index (χ2v) is 3.34. The van der Waals surface area contributed by atoms with Gasteiger partial charge in [0.1, 0.15) is 6.61 Å². The Kier molecular flexibility index (Phi) is 4.62. The van der Waals surface area contributed by atoms with E-state index in [1.165, 1.54) is 5.06 Å². The Morgan fingerprint density at radius 3 is 2.64 bits per heavy atom. The fourth-order valence-electron chi connectivity index (χ4n) is 0.902. The molecule has 0 heterocycles. The highest BCUT2D eigenvalue weighted by Gasteiger charge is 2.06. The van der Waals surface area contributed by atoms with E-state index >= 15 is 0 Å². The summed E-state index contributed by atoms with van der Waals surface area (Å²) >= 11 is 3.07. The van der Waals surface area contributed by atoms with Gasteiger partial charge in [-0.2, -0.15) is 0 Å². The van der Waals surface area contributed by atoms with Crippen molar-refractivity contribution in [3.05, 3.63) is 35.9 Å². The summed E-state index contributed by atoms with van der Waals surface area (Å²) < 4.78 is 0. The van der Waals surface area contributed by atoms with Crippen LogP contribution in [0.5, 0.6) is 0 Å². The molecular weight excluding hydrogens is 246 g/mol. The Morgan fingerprint density at radius 2 is 2.07 bits per heavy atom. The summed E-state index contributed by atoms with van der Waals surface area (Å²) in [7, 11) is 1.60. The van der Waals surface area contributed by atoms with E-state index in [0.717, 1.165) is 5.56 Å². The summed E-state index contributed by atoms with van der Waals surface area (Å²) in [5.41, 5.74) is 1.04. The molecule has 0 saturated carbocycles. The molecule has 0 fully saturated rings. The van der Waals surface area contributed by atoms with Crippen molar-refractivity contribution < 1.29 is 9.63 Å². The van der Waals surface area contributed by atoms with Gasteiger partial charge in [-0.1, -0.05) is 46.3 Å². The highest BCUT2D eigenvalue weighted by molar-refractivity contribution is 9.09. The van der Waals surface area contributed by atoms with Crippen molar-refractivity contribution in [3.8, 4) is 0 Å². The standard InChI is InChI=1S/C10H12BrNO2/c1-12(10(13)7-11)14-8-9-5-3-2-4-6-9/h2-6H,7-8H2,1H3. The summed E-state index contributed by atoms with van der Waals surface area (Å²) in [6.45, 7) is 0.413. The van der Waals surface area contributed by atoms with Crippen LogP contribution in [0.4, 0.5) is 0 Å². The summed E-state index contributed by atoms with van der Waals surface area (Å²) in [4.78, 5) is 16.3. The third-order valence-corrected chi connectivity index (χ3v) is 2.21. The van der Waals surface area contributed by atoms with E-state index in [9.17, 15) is 4.79 Å². The first-order valence-corrected chi connectivity index (χ1v) is 5.35. The lowest BCUT2D eigenvalue weighted by Gasteiger charge is -2.15. The van der Waals surface area contributed by atoms with Gasteiger partial charge < -0.3 is 0 Å². The smallest absolute Gasteiger partial charge is 0.256 e. The molecule has 1 aromatic rings. The maximum Gasteiger partial charge on any atom is 0.256 e. The van der Waals surface area contributed by atoms with Gasteiger partial charge in [-0.3, -0.25) is 9.63 Å². The maximum atomic E-state index is 11.1. The Balaban J connectivity index is 2.38. The van der Waals surface area contributed by atoms with Gasteiger partial charge in [-0.25, -0.2) is 5.06 Å². The zero-order chi connectivity index (χ0) is 10.4. The van der Waals surface area contributed by atoms with Crippen LogP contribution in [0.1, 0.15) is 5.56 Å². The first-order valence-electron chi connectivity index (χ1n) is 4.23. The van der Waals surface area contributed by atoms with Crippen LogP contribution in [-0.4, -0.2) is 23.3 Å². The van der Waals surface area contributed by atoms with Gasteiger partial charge in [-0.05, 0) is 5.56 Å². The van der Waals surface area contributed by atoms with E-state index in [-0.39, 0.29) is 11.2 Å².